The first-order valence-electron chi connectivity index (χ1n) is 8.27. The van der Waals surface area contributed by atoms with Crippen molar-refractivity contribution in [1.82, 2.24) is 10.2 Å². The highest BCUT2D eigenvalue weighted by molar-refractivity contribution is 7.21. The number of carbonyl (C=O) groups is 1. The van der Waals surface area contributed by atoms with Crippen LogP contribution in [0.15, 0.2) is 46.9 Å². The molecule has 2 heterocycles. The molecule has 0 saturated carbocycles. The third-order valence-electron chi connectivity index (χ3n) is 4.18. The molecule has 2 aromatic carbocycles. The van der Waals surface area contributed by atoms with E-state index >= 15 is 0 Å². The van der Waals surface area contributed by atoms with Crippen LogP contribution in [0.4, 0.5) is 4.39 Å². The van der Waals surface area contributed by atoms with Gasteiger partial charge in [0.2, 0.25) is 5.89 Å². The first-order chi connectivity index (χ1) is 13.0. The van der Waals surface area contributed by atoms with Gasteiger partial charge in [0.1, 0.15) is 10.7 Å². The summed E-state index contributed by atoms with van der Waals surface area (Å²) in [4.78, 5) is 12.8. The van der Waals surface area contributed by atoms with Crippen molar-refractivity contribution >= 4 is 27.4 Å². The number of benzene rings is 2. The number of ether oxygens (including phenoxy) is 1. The highest BCUT2D eigenvalue weighted by Gasteiger charge is 2.20. The molecule has 2 aromatic heterocycles. The maximum Gasteiger partial charge on any atom is 0.349 e. The number of hydrogen-bond acceptors (Lipinski definition) is 6. The second-order valence-corrected chi connectivity index (χ2v) is 7.16. The highest BCUT2D eigenvalue weighted by Crippen LogP contribution is 2.33. The number of hydrogen-bond donors (Lipinski definition) is 0. The second-order valence-electron chi connectivity index (χ2n) is 6.11. The van der Waals surface area contributed by atoms with E-state index < -0.39 is 5.97 Å². The van der Waals surface area contributed by atoms with Crippen LogP contribution in [-0.2, 0) is 11.3 Å². The van der Waals surface area contributed by atoms with Crippen LogP contribution in [0.5, 0.6) is 0 Å². The molecule has 4 aromatic rings. The fraction of sp³-hybridized carbons (Fsp3) is 0.150. The van der Waals surface area contributed by atoms with Crippen molar-refractivity contribution in [3.8, 4) is 11.5 Å². The van der Waals surface area contributed by atoms with Crippen molar-refractivity contribution < 1.29 is 18.3 Å². The molecule has 136 valence electrons. The van der Waals surface area contributed by atoms with E-state index in [1.807, 2.05) is 31.2 Å². The minimum atomic E-state index is -0.539. The molecule has 4 rings (SSSR count). The summed E-state index contributed by atoms with van der Waals surface area (Å²) in [5.41, 5.74) is 2.49. The highest BCUT2D eigenvalue weighted by atomic mass is 32.1. The van der Waals surface area contributed by atoms with E-state index in [0.29, 0.717) is 26.4 Å². The molecular weight excluding hydrogens is 367 g/mol. The smallest absolute Gasteiger partial charge is 0.349 e. The van der Waals surface area contributed by atoms with E-state index in [0.717, 1.165) is 11.1 Å². The van der Waals surface area contributed by atoms with Crippen molar-refractivity contribution in [3.05, 3.63) is 70.2 Å². The summed E-state index contributed by atoms with van der Waals surface area (Å²) < 4.78 is 25.5. The van der Waals surface area contributed by atoms with Crippen LogP contribution in [0.25, 0.3) is 21.5 Å². The Morgan fingerprint density at radius 2 is 1.93 bits per heavy atom. The summed E-state index contributed by atoms with van der Waals surface area (Å²) in [6.07, 6.45) is 0. The Morgan fingerprint density at radius 1 is 1.15 bits per heavy atom. The summed E-state index contributed by atoms with van der Waals surface area (Å²) in [5, 5.41) is 8.34. The van der Waals surface area contributed by atoms with Crippen LogP contribution in [0.1, 0.15) is 26.7 Å². The van der Waals surface area contributed by atoms with Gasteiger partial charge >= 0.3 is 5.97 Å². The lowest BCUT2D eigenvalue weighted by atomic mass is 10.1. The van der Waals surface area contributed by atoms with Gasteiger partial charge in [0.25, 0.3) is 5.89 Å². The topological polar surface area (TPSA) is 65.2 Å². The number of aryl methyl sites for hydroxylation is 2. The average Bonchev–Trinajstić information content (AvgIpc) is 3.26. The first kappa shape index (κ1) is 17.4. The lowest BCUT2D eigenvalue weighted by Gasteiger charge is -2.01. The molecule has 0 aliphatic heterocycles. The van der Waals surface area contributed by atoms with Crippen molar-refractivity contribution in [2.75, 3.05) is 0 Å². The summed E-state index contributed by atoms with van der Waals surface area (Å²) in [7, 11) is 0. The molecule has 0 fully saturated rings. The van der Waals surface area contributed by atoms with Crippen LogP contribution in [0.2, 0.25) is 0 Å². The standard InChI is InChI=1S/C20H15FN2O3S/c1-11-6-8-13(9-7-11)19-23-22-16(26-19)10-25-20(24)18-12(2)17-14(21)4-3-5-15(17)27-18/h3-9H,10H2,1-2H3. The number of aromatic nitrogens is 2. The molecule has 0 saturated heterocycles. The van der Waals surface area contributed by atoms with Crippen LogP contribution in [0, 0.1) is 19.7 Å². The molecule has 27 heavy (non-hydrogen) atoms. The zero-order valence-corrected chi connectivity index (χ0v) is 15.5. The molecule has 7 heteroatoms. The number of thiophene rings is 1. The number of esters is 1. The molecule has 0 spiro atoms. The van der Waals surface area contributed by atoms with Crippen molar-refractivity contribution in [2.45, 2.75) is 20.5 Å². The van der Waals surface area contributed by atoms with Gasteiger partial charge in [0.05, 0.1) is 0 Å². The van der Waals surface area contributed by atoms with E-state index in [1.165, 1.54) is 17.4 Å². The van der Waals surface area contributed by atoms with Crippen LogP contribution in [-0.4, -0.2) is 16.2 Å². The molecule has 0 aliphatic carbocycles. The van der Waals surface area contributed by atoms with Gasteiger partial charge in [-0.25, -0.2) is 9.18 Å². The maximum absolute atomic E-state index is 14.0. The van der Waals surface area contributed by atoms with Gasteiger partial charge in [0, 0.05) is 15.6 Å². The van der Waals surface area contributed by atoms with Crippen LogP contribution in [0.3, 0.4) is 0 Å². The number of halogens is 1. The van der Waals surface area contributed by atoms with Crippen LogP contribution >= 0.6 is 11.3 Å². The predicted molar refractivity (Wildman–Crippen MR) is 100 cm³/mol. The van der Waals surface area contributed by atoms with E-state index in [-0.39, 0.29) is 18.3 Å². The van der Waals surface area contributed by atoms with Gasteiger partial charge in [-0.1, -0.05) is 23.8 Å². The molecule has 0 amide bonds. The SMILES string of the molecule is Cc1ccc(-c2nnc(COC(=O)c3sc4cccc(F)c4c3C)o2)cc1. The largest absolute Gasteiger partial charge is 0.451 e. The van der Waals surface area contributed by atoms with E-state index in [9.17, 15) is 9.18 Å². The average molecular weight is 382 g/mol. The van der Waals surface area contributed by atoms with Crippen molar-refractivity contribution in [1.29, 1.82) is 0 Å². The first-order valence-corrected chi connectivity index (χ1v) is 9.09. The number of rotatable bonds is 4. The Balaban J connectivity index is 1.49. The molecule has 0 atom stereocenters. The fourth-order valence-electron chi connectivity index (χ4n) is 2.77. The molecule has 0 N–H and O–H groups in total. The Kier molecular flexibility index (Phi) is 4.45. The second kappa shape index (κ2) is 6.92. The van der Waals surface area contributed by atoms with Gasteiger partial charge in [-0.05, 0) is 43.7 Å². The monoisotopic (exact) mass is 382 g/mol. The third-order valence-corrected chi connectivity index (χ3v) is 5.42. The Labute approximate surface area is 158 Å². The predicted octanol–water partition coefficient (Wildman–Crippen LogP) is 5.06. The summed E-state index contributed by atoms with van der Waals surface area (Å²) in [6.45, 7) is 3.55. The molecule has 5 nitrogen and oxygen atoms in total. The van der Waals surface area contributed by atoms with Gasteiger partial charge < -0.3 is 9.15 Å². The van der Waals surface area contributed by atoms with E-state index in [1.54, 1.807) is 19.1 Å². The minimum Gasteiger partial charge on any atom is -0.451 e. The fourth-order valence-corrected chi connectivity index (χ4v) is 3.88. The summed E-state index contributed by atoms with van der Waals surface area (Å²) in [5.74, 6) is -0.326. The quantitative estimate of drug-likeness (QED) is 0.461. The normalized spacial score (nSPS) is 11.1. The minimum absolute atomic E-state index is 0.145. The molecule has 0 unspecified atom stereocenters. The van der Waals surface area contributed by atoms with Crippen molar-refractivity contribution in [2.24, 2.45) is 0 Å². The number of nitrogens with zero attached hydrogens (tertiary/aromatic N) is 2. The molecule has 0 radical (unpaired) electrons. The van der Waals surface area contributed by atoms with Gasteiger partial charge in [-0.3, -0.25) is 0 Å². The Bertz CT molecular complexity index is 1130. The van der Waals surface area contributed by atoms with E-state index in [4.69, 9.17) is 9.15 Å². The van der Waals surface area contributed by atoms with Gasteiger partial charge in [-0.2, -0.15) is 0 Å². The zero-order chi connectivity index (χ0) is 19.0. The summed E-state index contributed by atoms with van der Waals surface area (Å²) in [6, 6.07) is 12.4. The number of fused-ring (bicyclic) bond motifs is 1. The van der Waals surface area contributed by atoms with Crippen LogP contribution < -0.4 is 0 Å². The zero-order valence-electron chi connectivity index (χ0n) is 14.7. The van der Waals surface area contributed by atoms with Crippen molar-refractivity contribution in [3.63, 3.8) is 0 Å². The lowest BCUT2D eigenvalue weighted by molar-refractivity contribution is 0.0444. The Hall–Kier alpha value is -3.06. The summed E-state index contributed by atoms with van der Waals surface area (Å²) >= 11 is 1.20. The third kappa shape index (κ3) is 3.33. The van der Waals surface area contributed by atoms with Gasteiger partial charge in [-0.15, -0.1) is 21.5 Å². The van der Waals surface area contributed by atoms with Gasteiger partial charge in [0.15, 0.2) is 6.61 Å². The molecule has 0 bridgehead atoms. The molecule has 0 aliphatic rings. The van der Waals surface area contributed by atoms with E-state index in [2.05, 4.69) is 10.2 Å². The maximum atomic E-state index is 14.0. The Morgan fingerprint density at radius 3 is 2.67 bits per heavy atom. The lowest BCUT2D eigenvalue weighted by Crippen LogP contribution is -2.05. The molecular formula is C20H15FN2O3S. The number of carbonyl (C=O) groups excluding carboxylic acids is 1.